The Morgan fingerprint density at radius 2 is 2.00 bits per heavy atom. The SMILES string of the molecule is C/C=C(/C)C(=O)N[C@H](C)C(=O)O. The third-order valence-corrected chi connectivity index (χ3v) is 1.51. The van der Waals surface area contributed by atoms with Gasteiger partial charge in [-0.25, -0.2) is 0 Å². The predicted molar refractivity (Wildman–Crippen MR) is 44.7 cm³/mol. The molecule has 0 bridgehead atoms. The van der Waals surface area contributed by atoms with E-state index in [0.29, 0.717) is 5.57 Å². The summed E-state index contributed by atoms with van der Waals surface area (Å²) < 4.78 is 0. The van der Waals surface area contributed by atoms with Crippen molar-refractivity contribution in [3.8, 4) is 0 Å². The van der Waals surface area contributed by atoms with Crippen molar-refractivity contribution in [3.05, 3.63) is 11.6 Å². The molecule has 0 aromatic heterocycles. The summed E-state index contributed by atoms with van der Waals surface area (Å²) in [5.74, 6) is -1.38. The zero-order valence-corrected chi connectivity index (χ0v) is 7.42. The van der Waals surface area contributed by atoms with Crippen LogP contribution in [-0.2, 0) is 9.59 Å². The number of amides is 1. The molecule has 0 aliphatic carbocycles. The van der Waals surface area contributed by atoms with Crippen LogP contribution in [0, 0.1) is 0 Å². The van der Waals surface area contributed by atoms with Crippen LogP contribution in [0.3, 0.4) is 0 Å². The number of carbonyl (C=O) groups is 2. The van der Waals surface area contributed by atoms with Crippen LogP contribution in [0.1, 0.15) is 20.8 Å². The van der Waals surface area contributed by atoms with Crippen molar-refractivity contribution in [1.29, 1.82) is 0 Å². The lowest BCUT2D eigenvalue weighted by Crippen LogP contribution is -2.38. The molecule has 1 atom stereocenters. The van der Waals surface area contributed by atoms with Gasteiger partial charge in [-0.15, -0.1) is 0 Å². The van der Waals surface area contributed by atoms with Gasteiger partial charge in [0, 0.05) is 5.57 Å². The first-order valence-corrected chi connectivity index (χ1v) is 3.65. The van der Waals surface area contributed by atoms with Crippen LogP contribution in [0.25, 0.3) is 0 Å². The Morgan fingerprint density at radius 1 is 1.50 bits per heavy atom. The second-order valence-electron chi connectivity index (χ2n) is 2.51. The maximum atomic E-state index is 11.0. The normalized spacial score (nSPS) is 13.8. The van der Waals surface area contributed by atoms with Crippen molar-refractivity contribution in [1.82, 2.24) is 5.32 Å². The van der Waals surface area contributed by atoms with E-state index < -0.39 is 12.0 Å². The molecule has 4 heteroatoms. The Balaban J connectivity index is 4.11. The zero-order chi connectivity index (χ0) is 9.72. The summed E-state index contributed by atoms with van der Waals surface area (Å²) in [6.45, 7) is 4.77. The fourth-order valence-corrected chi connectivity index (χ4v) is 0.503. The fraction of sp³-hybridized carbons (Fsp3) is 0.500. The average molecular weight is 171 g/mol. The maximum absolute atomic E-state index is 11.0. The summed E-state index contributed by atoms with van der Waals surface area (Å²) in [7, 11) is 0. The maximum Gasteiger partial charge on any atom is 0.325 e. The molecule has 0 aliphatic heterocycles. The van der Waals surface area contributed by atoms with Crippen LogP contribution in [0.15, 0.2) is 11.6 Å². The lowest BCUT2D eigenvalue weighted by atomic mass is 10.2. The van der Waals surface area contributed by atoms with Crippen LogP contribution in [0.4, 0.5) is 0 Å². The van der Waals surface area contributed by atoms with E-state index in [2.05, 4.69) is 5.32 Å². The molecule has 0 aliphatic rings. The Hall–Kier alpha value is -1.32. The summed E-state index contributed by atoms with van der Waals surface area (Å²) >= 11 is 0. The van der Waals surface area contributed by atoms with E-state index in [0.717, 1.165) is 0 Å². The predicted octanol–water partition coefficient (Wildman–Crippen LogP) is 0.542. The van der Waals surface area contributed by atoms with Gasteiger partial charge < -0.3 is 10.4 Å². The minimum atomic E-state index is -1.03. The van der Waals surface area contributed by atoms with E-state index in [1.807, 2.05) is 0 Å². The molecule has 0 unspecified atom stereocenters. The van der Waals surface area contributed by atoms with Gasteiger partial charge in [-0.05, 0) is 20.8 Å². The second kappa shape index (κ2) is 4.54. The first-order chi connectivity index (χ1) is 5.49. The summed E-state index contributed by atoms with van der Waals surface area (Å²) in [6, 6.07) is -0.840. The Labute approximate surface area is 71.3 Å². The Kier molecular flexibility index (Phi) is 4.04. The van der Waals surface area contributed by atoms with Crippen molar-refractivity contribution in [2.45, 2.75) is 26.8 Å². The third kappa shape index (κ3) is 3.18. The number of hydrogen-bond acceptors (Lipinski definition) is 2. The molecule has 4 nitrogen and oxygen atoms in total. The van der Waals surface area contributed by atoms with Crippen molar-refractivity contribution >= 4 is 11.9 Å². The number of carboxylic acids is 1. The molecule has 0 heterocycles. The summed E-state index contributed by atoms with van der Waals surface area (Å²) in [6.07, 6.45) is 1.63. The molecule has 2 N–H and O–H groups in total. The number of nitrogens with one attached hydrogen (secondary N) is 1. The highest BCUT2D eigenvalue weighted by Crippen LogP contribution is 1.92. The first-order valence-electron chi connectivity index (χ1n) is 3.65. The summed E-state index contributed by atoms with van der Waals surface area (Å²) in [5.41, 5.74) is 0.517. The molecule has 0 fully saturated rings. The number of aliphatic carboxylic acids is 1. The van der Waals surface area contributed by atoms with Crippen molar-refractivity contribution in [2.75, 3.05) is 0 Å². The minimum Gasteiger partial charge on any atom is -0.480 e. The third-order valence-electron chi connectivity index (χ3n) is 1.51. The van der Waals surface area contributed by atoms with Crippen LogP contribution in [0.5, 0.6) is 0 Å². The Morgan fingerprint density at radius 3 is 2.33 bits per heavy atom. The van der Waals surface area contributed by atoms with Crippen LogP contribution in [-0.4, -0.2) is 23.0 Å². The number of rotatable bonds is 3. The molecule has 0 saturated carbocycles. The number of carboxylic acid groups (broad SMARTS) is 1. The quantitative estimate of drug-likeness (QED) is 0.609. The van der Waals surface area contributed by atoms with Gasteiger partial charge in [0.25, 0.3) is 0 Å². The van der Waals surface area contributed by atoms with E-state index in [1.54, 1.807) is 19.9 Å². The molecular weight excluding hydrogens is 158 g/mol. The molecule has 68 valence electrons. The van der Waals surface area contributed by atoms with Gasteiger partial charge in [-0.1, -0.05) is 6.08 Å². The second-order valence-corrected chi connectivity index (χ2v) is 2.51. The summed E-state index contributed by atoms with van der Waals surface area (Å²) in [4.78, 5) is 21.4. The zero-order valence-electron chi connectivity index (χ0n) is 7.42. The van der Waals surface area contributed by atoms with Gasteiger partial charge in [-0.2, -0.15) is 0 Å². The van der Waals surface area contributed by atoms with E-state index in [1.165, 1.54) is 6.92 Å². The molecule has 0 rings (SSSR count). The van der Waals surface area contributed by atoms with Gasteiger partial charge in [-0.3, -0.25) is 9.59 Å². The molecule has 0 aromatic rings. The molecule has 1 amide bonds. The van der Waals surface area contributed by atoms with E-state index in [9.17, 15) is 9.59 Å². The van der Waals surface area contributed by atoms with Crippen molar-refractivity contribution < 1.29 is 14.7 Å². The van der Waals surface area contributed by atoms with Crippen LogP contribution >= 0.6 is 0 Å². The fourth-order valence-electron chi connectivity index (χ4n) is 0.503. The van der Waals surface area contributed by atoms with Gasteiger partial charge in [0.2, 0.25) is 5.91 Å². The standard InChI is InChI=1S/C8H13NO3/c1-4-5(2)7(10)9-6(3)8(11)12/h4,6H,1-3H3,(H,9,10)(H,11,12)/b5-4-/t6-/m1/s1. The molecule has 0 aromatic carbocycles. The molecule has 12 heavy (non-hydrogen) atoms. The Bertz CT molecular complexity index is 220. The van der Waals surface area contributed by atoms with Gasteiger partial charge in [0.15, 0.2) is 0 Å². The van der Waals surface area contributed by atoms with Crippen molar-refractivity contribution in [3.63, 3.8) is 0 Å². The lowest BCUT2D eigenvalue weighted by Gasteiger charge is -2.08. The number of allylic oxidation sites excluding steroid dienone is 1. The highest BCUT2D eigenvalue weighted by Gasteiger charge is 2.13. The minimum absolute atomic E-state index is 0.340. The topological polar surface area (TPSA) is 66.4 Å². The van der Waals surface area contributed by atoms with Gasteiger partial charge >= 0.3 is 5.97 Å². The van der Waals surface area contributed by atoms with E-state index >= 15 is 0 Å². The molecule has 0 radical (unpaired) electrons. The largest absolute Gasteiger partial charge is 0.480 e. The lowest BCUT2D eigenvalue weighted by molar-refractivity contribution is -0.140. The van der Waals surface area contributed by atoms with E-state index in [-0.39, 0.29) is 5.91 Å². The highest BCUT2D eigenvalue weighted by atomic mass is 16.4. The first kappa shape index (κ1) is 10.7. The van der Waals surface area contributed by atoms with Crippen LogP contribution in [0.2, 0.25) is 0 Å². The molecular formula is C8H13NO3. The smallest absolute Gasteiger partial charge is 0.325 e. The monoisotopic (exact) mass is 171 g/mol. The highest BCUT2D eigenvalue weighted by molar-refractivity contribution is 5.95. The number of hydrogen-bond donors (Lipinski definition) is 2. The molecule has 0 spiro atoms. The number of carbonyl (C=O) groups excluding carboxylic acids is 1. The molecule has 0 saturated heterocycles. The van der Waals surface area contributed by atoms with E-state index in [4.69, 9.17) is 5.11 Å². The average Bonchev–Trinajstić information content (AvgIpc) is 2.02. The van der Waals surface area contributed by atoms with Gasteiger partial charge in [0.1, 0.15) is 6.04 Å². The van der Waals surface area contributed by atoms with Gasteiger partial charge in [0.05, 0.1) is 0 Å². The van der Waals surface area contributed by atoms with Crippen LogP contribution < -0.4 is 5.32 Å². The summed E-state index contributed by atoms with van der Waals surface area (Å²) in [5, 5.41) is 10.8. The van der Waals surface area contributed by atoms with Crippen molar-refractivity contribution in [2.24, 2.45) is 0 Å².